The van der Waals surface area contributed by atoms with Gasteiger partial charge >= 0.3 is 0 Å². The molecule has 0 atom stereocenters. The molecule has 1 amide bonds. The molecule has 2 rings (SSSR count). The van der Waals surface area contributed by atoms with E-state index < -0.39 is 0 Å². The third-order valence-corrected chi connectivity index (χ3v) is 3.59. The molecule has 0 saturated heterocycles. The van der Waals surface area contributed by atoms with Crippen molar-refractivity contribution in [2.75, 3.05) is 7.11 Å². The number of hydrogen-bond donors (Lipinski definition) is 1. The first-order valence-corrected chi connectivity index (χ1v) is 7.10. The fourth-order valence-corrected chi connectivity index (χ4v) is 2.18. The van der Waals surface area contributed by atoms with E-state index >= 15 is 0 Å². The van der Waals surface area contributed by atoms with Crippen molar-refractivity contribution in [1.29, 1.82) is 0 Å². The van der Waals surface area contributed by atoms with Crippen molar-refractivity contribution in [2.24, 2.45) is 7.05 Å². The fraction of sp³-hybridized carbons (Fsp3) is 0.294. The third kappa shape index (κ3) is 3.75. The summed E-state index contributed by atoms with van der Waals surface area (Å²) in [6, 6.07) is 7.61. The van der Waals surface area contributed by atoms with Gasteiger partial charge in [-0.25, -0.2) is 0 Å². The van der Waals surface area contributed by atoms with Crippen LogP contribution in [0.1, 0.15) is 22.5 Å². The van der Waals surface area contributed by atoms with Gasteiger partial charge in [0.1, 0.15) is 5.75 Å². The number of benzene rings is 1. The van der Waals surface area contributed by atoms with E-state index in [0.717, 1.165) is 28.3 Å². The SMILES string of the molecule is COc1ccc(CNC(=O)/C=C/c2c(C)nn(C)c2C)cc1. The first kappa shape index (κ1) is 15.8. The number of aromatic nitrogens is 2. The van der Waals surface area contributed by atoms with Crippen molar-refractivity contribution in [1.82, 2.24) is 15.1 Å². The molecule has 1 aromatic heterocycles. The topological polar surface area (TPSA) is 56.1 Å². The van der Waals surface area contributed by atoms with E-state index in [9.17, 15) is 4.79 Å². The van der Waals surface area contributed by atoms with E-state index in [1.54, 1.807) is 19.3 Å². The molecule has 1 aromatic carbocycles. The van der Waals surface area contributed by atoms with Crippen LogP contribution in [0, 0.1) is 13.8 Å². The summed E-state index contributed by atoms with van der Waals surface area (Å²) in [4.78, 5) is 11.9. The Kier molecular flexibility index (Phi) is 4.99. The highest BCUT2D eigenvalue weighted by Crippen LogP contribution is 2.13. The van der Waals surface area contributed by atoms with Crippen LogP contribution in [-0.2, 0) is 18.4 Å². The van der Waals surface area contributed by atoms with Crippen molar-refractivity contribution in [2.45, 2.75) is 20.4 Å². The van der Waals surface area contributed by atoms with Crippen molar-refractivity contribution < 1.29 is 9.53 Å². The Hall–Kier alpha value is -2.56. The Balaban J connectivity index is 1.93. The molecule has 0 spiro atoms. The number of amides is 1. The van der Waals surface area contributed by atoms with Crippen LogP contribution in [0.15, 0.2) is 30.3 Å². The van der Waals surface area contributed by atoms with Crippen LogP contribution in [0.4, 0.5) is 0 Å². The van der Waals surface area contributed by atoms with Crippen LogP contribution < -0.4 is 10.1 Å². The highest BCUT2D eigenvalue weighted by atomic mass is 16.5. The van der Waals surface area contributed by atoms with E-state index in [4.69, 9.17) is 4.74 Å². The molecule has 0 bridgehead atoms. The molecule has 1 N–H and O–H groups in total. The predicted molar refractivity (Wildman–Crippen MR) is 86.6 cm³/mol. The Morgan fingerprint density at radius 3 is 2.55 bits per heavy atom. The zero-order valence-corrected chi connectivity index (χ0v) is 13.4. The van der Waals surface area contributed by atoms with Gasteiger partial charge in [-0.3, -0.25) is 9.48 Å². The van der Waals surface area contributed by atoms with Crippen LogP contribution in [0.2, 0.25) is 0 Å². The predicted octanol–water partition coefficient (Wildman–Crippen LogP) is 2.38. The van der Waals surface area contributed by atoms with Gasteiger partial charge in [0.05, 0.1) is 12.8 Å². The molecule has 0 aliphatic rings. The summed E-state index contributed by atoms with van der Waals surface area (Å²) >= 11 is 0. The summed E-state index contributed by atoms with van der Waals surface area (Å²) in [7, 11) is 3.52. The first-order valence-electron chi connectivity index (χ1n) is 7.10. The fourth-order valence-electron chi connectivity index (χ4n) is 2.18. The lowest BCUT2D eigenvalue weighted by Gasteiger charge is -2.04. The number of nitrogens with zero attached hydrogens (tertiary/aromatic N) is 2. The Morgan fingerprint density at radius 2 is 2.00 bits per heavy atom. The average Bonchev–Trinajstić information content (AvgIpc) is 2.76. The largest absolute Gasteiger partial charge is 0.497 e. The normalized spacial score (nSPS) is 10.9. The summed E-state index contributed by atoms with van der Waals surface area (Å²) < 4.78 is 6.91. The number of carbonyl (C=O) groups is 1. The Labute approximate surface area is 130 Å². The van der Waals surface area contributed by atoms with Gasteiger partial charge in [-0.15, -0.1) is 0 Å². The lowest BCUT2D eigenvalue weighted by atomic mass is 10.2. The van der Waals surface area contributed by atoms with E-state index in [1.807, 2.05) is 49.8 Å². The molecule has 0 aliphatic carbocycles. The van der Waals surface area contributed by atoms with E-state index in [-0.39, 0.29) is 5.91 Å². The highest BCUT2D eigenvalue weighted by Gasteiger charge is 2.06. The summed E-state index contributed by atoms with van der Waals surface area (Å²) in [6.07, 6.45) is 3.35. The van der Waals surface area contributed by atoms with Crippen LogP contribution in [-0.4, -0.2) is 22.8 Å². The summed E-state index contributed by atoms with van der Waals surface area (Å²) in [5.41, 5.74) is 3.97. The number of ether oxygens (including phenoxy) is 1. The van der Waals surface area contributed by atoms with Gasteiger partial charge in [-0.05, 0) is 37.6 Å². The molecule has 0 unspecified atom stereocenters. The van der Waals surface area contributed by atoms with Gasteiger partial charge in [0.15, 0.2) is 0 Å². The Bertz CT molecular complexity index is 685. The number of aryl methyl sites for hydroxylation is 2. The maximum absolute atomic E-state index is 11.9. The van der Waals surface area contributed by atoms with Crippen molar-refractivity contribution in [3.05, 3.63) is 52.9 Å². The van der Waals surface area contributed by atoms with E-state index in [0.29, 0.717) is 6.54 Å². The summed E-state index contributed by atoms with van der Waals surface area (Å²) in [6.45, 7) is 4.40. The van der Waals surface area contributed by atoms with E-state index in [2.05, 4.69) is 10.4 Å². The summed E-state index contributed by atoms with van der Waals surface area (Å²) in [5.74, 6) is 0.677. The van der Waals surface area contributed by atoms with Crippen LogP contribution in [0.3, 0.4) is 0 Å². The molecule has 5 heteroatoms. The molecular weight excluding hydrogens is 278 g/mol. The van der Waals surface area contributed by atoms with Crippen LogP contribution in [0.25, 0.3) is 6.08 Å². The van der Waals surface area contributed by atoms with Crippen LogP contribution >= 0.6 is 0 Å². The molecule has 0 aliphatic heterocycles. The zero-order valence-electron chi connectivity index (χ0n) is 13.4. The number of nitrogens with one attached hydrogen (secondary N) is 1. The van der Waals surface area contributed by atoms with Gasteiger partial charge in [0.25, 0.3) is 0 Å². The monoisotopic (exact) mass is 299 g/mol. The second kappa shape index (κ2) is 6.93. The Morgan fingerprint density at radius 1 is 1.32 bits per heavy atom. The van der Waals surface area contributed by atoms with Crippen molar-refractivity contribution in [3.8, 4) is 5.75 Å². The van der Waals surface area contributed by atoms with E-state index in [1.165, 1.54) is 0 Å². The number of rotatable bonds is 5. The average molecular weight is 299 g/mol. The minimum Gasteiger partial charge on any atom is -0.497 e. The van der Waals surface area contributed by atoms with Crippen molar-refractivity contribution in [3.63, 3.8) is 0 Å². The number of carbonyl (C=O) groups excluding carboxylic acids is 1. The second-order valence-electron chi connectivity index (χ2n) is 5.11. The van der Waals surface area contributed by atoms with Gasteiger partial charge in [-0.1, -0.05) is 12.1 Å². The smallest absolute Gasteiger partial charge is 0.244 e. The number of hydrogen-bond acceptors (Lipinski definition) is 3. The van der Waals surface area contributed by atoms with Crippen LogP contribution in [0.5, 0.6) is 5.75 Å². The molecule has 22 heavy (non-hydrogen) atoms. The van der Waals surface area contributed by atoms with Gasteiger partial charge in [-0.2, -0.15) is 5.10 Å². The lowest BCUT2D eigenvalue weighted by Crippen LogP contribution is -2.20. The molecular formula is C17H21N3O2. The van der Waals surface area contributed by atoms with Crippen molar-refractivity contribution >= 4 is 12.0 Å². The summed E-state index contributed by atoms with van der Waals surface area (Å²) in [5, 5.41) is 7.18. The number of methoxy groups -OCH3 is 1. The van der Waals surface area contributed by atoms with Gasteiger partial charge in [0.2, 0.25) is 5.91 Å². The van der Waals surface area contributed by atoms with Gasteiger partial charge in [0, 0.05) is 30.9 Å². The maximum Gasteiger partial charge on any atom is 0.244 e. The minimum atomic E-state index is -0.126. The first-order chi connectivity index (χ1) is 10.5. The molecule has 1 heterocycles. The molecule has 5 nitrogen and oxygen atoms in total. The second-order valence-corrected chi connectivity index (χ2v) is 5.11. The minimum absolute atomic E-state index is 0.126. The maximum atomic E-state index is 11.9. The molecule has 0 saturated carbocycles. The molecule has 0 radical (unpaired) electrons. The molecule has 0 fully saturated rings. The standard InChI is InChI=1S/C17H21N3O2/c1-12-16(13(2)20(3)19-12)9-10-17(21)18-11-14-5-7-15(22-4)8-6-14/h5-10H,11H2,1-4H3,(H,18,21)/b10-9+. The molecule has 2 aromatic rings. The third-order valence-electron chi connectivity index (χ3n) is 3.59. The van der Waals surface area contributed by atoms with Gasteiger partial charge < -0.3 is 10.1 Å². The lowest BCUT2D eigenvalue weighted by molar-refractivity contribution is -0.116. The highest BCUT2D eigenvalue weighted by molar-refractivity contribution is 5.91. The quantitative estimate of drug-likeness (QED) is 0.862. The molecule has 116 valence electrons. The zero-order chi connectivity index (χ0) is 16.1.